The van der Waals surface area contributed by atoms with Crippen LogP contribution in [0.15, 0.2) is 18.2 Å². The molecule has 0 radical (unpaired) electrons. The van der Waals surface area contributed by atoms with Gasteiger partial charge in [-0.3, -0.25) is 0 Å². The fourth-order valence-electron chi connectivity index (χ4n) is 4.43. The van der Waals surface area contributed by atoms with E-state index in [9.17, 15) is 0 Å². The van der Waals surface area contributed by atoms with Crippen molar-refractivity contribution in [3.05, 3.63) is 18.2 Å². The lowest BCUT2D eigenvalue weighted by molar-refractivity contribution is 0.318. The monoisotopic (exact) mass is 272 g/mol. The van der Waals surface area contributed by atoms with Crippen molar-refractivity contribution in [1.82, 2.24) is 0 Å². The Morgan fingerprint density at radius 1 is 1.35 bits per heavy atom. The normalized spacial score (nSPS) is 30.4. The number of rotatable bonds is 3. The van der Waals surface area contributed by atoms with Gasteiger partial charge in [-0.05, 0) is 43.2 Å². The van der Waals surface area contributed by atoms with Gasteiger partial charge in [0.1, 0.15) is 11.4 Å². The van der Waals surface area contributed by atoms with Crippen molar-refractivity contribution in [1.29, 1.82) is 0 Å². The van der Waals surface area contributed by atoms with Crippen molar-refractivity contribution < 1.29 is 4.74 Å². The third-order valence-corrected chi connectivity index (χ3v) is 5.31. The third-order valence-electron chi connectivity index (χ3n) is 5.31. The number of nitrogens with zero attached hydrogens (tertiary/aromatic N) is 1. The third kappa shape index (κ3) is 1.79. The SMILES string of the molecule is CCCOc1cccc2c1NCC1C3CCCC3CN21. The summed E-state index contributed by atoms with van der Waals surface area (Å²) in [4.78, 5) is 2.65. The van der Waals surface area contributed by atoms with Crippen molar-refractivity contribution in [3.63, 3.8) is 0 Å². The summed E-state index contributed by atoms with van der Waals surface area (Å²) in [6.45, 7) is 5.29. The Morgan fingerprint density at radius 2 is 2.30 bits per heavy atom. The Kier molecular flexibility index (Phi) is 3.01. The van der Waals surface area contributed by atoms with Crippen LogP contribution in [0.25, 0.3) is 0 Å². The quantitative estimate of drug-likeness (QED) is 0.911. The lowest BCUT2D eigenvalue weighted by Gasteiger charge is -2.37. The molecule has 1 aromatic rings. The van der Waals surface area contributed by atoms with E-state index in [4.69, 9.17) is 4.74 Å². The highest BCUT2D eigenvalue weighted by Crippen LogP contribution is 2.49. The fourth-order valence-corrected chi connectivity index (χ4v) is 4.43. The van der Waals surface area contributed by atoms with E-state index in [-0.39, 0.29) is 0 Å². The Hall–Kier alpha value is -1.38. The van der Waals surface area contributed by atoms with Crippen LogP contribution in [0.2, 0.25) is 0 Å². The van der Waals surface area contributed by atoms with E-state index in [1.165, 1.54) is 37.2 Å². The molecule has 2 fully saturated rings. The van der Waals surface area contributed by atoms with Crippen molar-refractivity contribution in [2.75, 3.05) is 29.9 Å². The maximum atomic E-state index is 5.91. The van der Waals surface area contributed by atoms with Crippen LogP contribution in [-0.2, 0) is 0 Å². The van der Waals surface area contributed by atoms with Gasteiger partial charge in [-0.2, -0.15) is 0 Å². The van der Waals surface area contributed by atoms with Crippen LogP contribution in [0.3, 0.4) is 0 Å². The van der Waals surface area contributed by atoms with E-state index in [1.807, 2.05) is 0 Å². The summed E-state index contributed by atoms with van der Waals surface area (Å²) < 4.78 is 5.91. The summed E-state index contributed by atoms with van der Waals surface area (Å²) in [5, 5.41) is 3.66. The molecule has 20 heavy (non-hydrogen) atoms. The molecule has 1 aliphatic carbocycles. The molecule has 2 aliphatic heterocycles. The number of benzene rings is 1. The van der Waals surface area contributed by atoms with E-state index in [1.54, 1.807) is 0 Å². The van der Waals surface area contributed by atoms with Gasteiger partial charge in [0.25, 0.3) is 0 Å². The van der Waals surface area contributed by atoms with Crippen molar-refractivity contribution in [2.24, 2.45) is 11.8 Å². The standard InChI is InChI=1S/C17H24N2O/c1-2-9-20-16-8-4-7-14-17(16)18-10-15-13-6-3-5-12(13)11-19(14)15/h4,7-8,12-13,15,18H,2-3,5-6,9-11H2,1H3. The van der Waals surface area contributed by atoms with Crippen LogP contribution in [-0.4, -0.2) is 25.7 Å². The van der Waals surface area contributed by atoms with Gasteiger partial charge >= 0.3 is 0 Å². The van der Waals surface area contributed by atoms with Crippen molar-refractivity contribution in [2.45, 2.75) is 38.6 Å². The average Bonchev–Trinajstić information content (AvgIpc) is 3.05. The molecule has 0 aromatic heterocycles. The maximum absolute atomic E-state index is 5.91. The van der Waals surface area contributed by atoms with Crippen molar-refractivity contribution >= 4 is 11.4 Å². The summed E-state index contributed by atoms with van der Waals surface area (Å²) in [5.41, 5.74) is 2.58. The van der Waals surface area contributed by atoms with Crippen LogP contribution < -0.4 is 15.0 Å². The van der Waals surface area contributed by atoms with E-state index in [2.05, 4.69) is 35.3 Å². The molecule has 3 nitrogen and oxygen atoms in total. The summed E-state index contributed by atoms with van der Waals surface area (Å²) in [6.07, 6.45) is 5.35. The molecule has 1 saturated heterocycles. The first-order valence-electron chi connectivity index (χ1n) is 8.15. The molecule has 4 rings (SSSR count). The van der Waals surface area contributed by atoms with Crippen molar-refractivity contribution in [3.8, 4) is 5.75 Å². The zero-order chi connectivity index (χ0) is 13.5. The van der Waals surface area contributed by atoms with Gasteiger partial charge in [0.05, 0.1) is 12.3 Å². The zero-order valence-corrected chi connectivity index (χ0v) is 12.3. The molecule has 1 saturated carbocycles. The summed E-state index contributed by atoms with van der Waals surface area (Å²) in [7, 11) is 0. The second-order valence-electron chi connectivity index (χ2n) is 6.45. The number of hydrogen-bond acceptors (Lipinski definition) is 3. The minimum atomic E-state index is 0.705. The average molecular weight is 272 g/mol. The summed E-state index contributed by atoms with van der Waals surface area (Å²) >= 11 is 0. The number of nitrogens with one attached hydrogen (secondary N) is 1. The first-order chi connectivity index (χ1) is 9.88. The minimum absolute atomic E-state index is 0.705. The highest BCUT2D eigenvalue weighted by atomic mass is 16.5. The lowest BCUT2D eigenvalue weighted by Crippen LogP contribution is -2.42. The Morgan fingerprint density at radius 3 is 3.20 bits per heavy atom. The molecule has 3 atom stereocenters. The van der Waals surface area contributed by atoms with Gasteiger partial charge in [0.2, 0.25) is 0 Å². The Labute approximate surface area is 121 Å². The second-order valence-corrected chi connectivity index (χ2v) is 6.45. The molecule has 1 N–H and O–H groups in total. The number of fused-ring (bicyclic) bond motifs is 5. The topological polar surface area (TPSA) is 24.5 Å². The molecule has 3 unspecified atom stereocenters. The molecule has 1 aromatic carbocycles. The van der Waals surface area contributed by atoms with E-state index in [0.29, 0.717) is 6.04 Å². The van der Waals surface area contributed by atoms with Gasteiger partial charge in [0, 0.05) is 19.1 Å². The lowest BCUT2D eigenvalue weighted by atomic mass is 9.93. The number of anilines is 2. The Balaban J connectivity index is 1.65. The van der Waals surface area contributed by atoms with Gasteiger partial charge in [-0.1, -0.05) is 19.4 Å². The predicted molar refractivity (Wildman–Crippen MR) is 82.7 cm³/mol. The van der Waals surface area contributed by atoms with Gasteiger partial charge in [0.15, 0.2) is 0 Å². The van der Waals surface area contributed by atoms with Crippen LogP contribution in [0, 0.1) is 11.8 Å². The summed E-state index contributed by atoms with van der Waals surface area (Å²) in [6, 6.07) is 7.20. The number of para-hydroxylation sites is 1. The molecule has 2 heterocycles. The zero-order valence-electron chi connectivity index (χ0n) is 12.3. The molecular weight excluding hydrogens is 248 g/mol. The highest BCUT2D eigenvalue weighted by molar-refractivity contribution is 5.79. The molecular formula is C17H24N2O. The molecule has 3 heteroatoms. The van der Waals surface area contributed by atoms with Gasteiger partial charge in [-0.15, -0.1) is 0 Å². The Bertz CT molecular complexity index is 502. The molecule has 0 spiro atoms. The van der Waals surface area contributed by atoms with Crippen LogP contribution in [0.5, 0.6) is 5.75 Å². The number of hydrogen-bond donors (Lipinski definition) is 1. The van der Waals surface area contributed by atoms with E-state index >= 15 is 0 Å². The van der Waals surface area contributed by atoms with Crippen LogP contribution in [0.4, 0.5) is 11.4 Å². The van der Waals surface area contributed by atoms with E-state index in [0.717, 1.165) is 37.2 Å². The summed E-state index contributed by atoms with van der Waals surface area (Å²) in [5.74, 6) is 2.86. The smallest absolute Gasteiger partial charge is 0.144 e. The van der Waals surface area contributed by atoms with Crippen LogP contribution in [0.1, 0.15) is 32.6 Å². The van der Waals surface area contributed by atoms with E-state index < -0.39 is 0 Å². The molecule has 0 bridgehead atoms. The predicted octanol–water partition coefficient (Wildman–Crippen LogP) is 3.51. The minimum Gasteiger partial charge on any atom is -0.491 e. The molecule has 108 valence electrons. The second kappa shape index (κ2) is 4.87. The maximum Gasteiger partial charge on any atom is 0.144 e. The first-order valence-corrected chi connectivity index (χ1v) is 8.15. The van der Waals surface area contributed by atoms with Gasteiger partial charge in [-0.25, -0.2) is 0 Å². The fraction of sp³-hybridized carbons (Fsp3) is 0.647. The van der Waals surface area contributed by atoms with Crippen LogP contribution >= 0.6 is 0 Å². The molecule has 3 aliphatic rings. The largest absolute Gasteiger partial charge is 0.491 e. The first kappa shape index (κ1) is 12.4. The molecule has 0 amide bonds. The number of ether oxygens (including phenoxy) is 1. The van der Waals surface area contributed by atoms with Gasteiger partial charge < -0.3 is 15.0 Å². The highest BCUT2D eigenvalue weighted by Gasteiger charge is 2.46.